The molecule has 1 amide bonds. The number of hydrogen-bond donors (Lipinski definition) is 0. The first-order valence-corrected chi connectivity index (χ1v) is 9.01. The van der Waals surface area contributed by atoms with Gasteiger partial charge in [-0.2, -0.15) is 0 Å². The van der Waals surface area contributed by atoms with Crippen LogP contribution in [0.2, 0.25) is 0 Å². The molecule has 2 aromatic carbocycles. The fraction of sp³-hybridized carbons (Fsp3) is 0.211. The van der Waals surface area contributed by atoms with Crippen molar-refractivity contribution in [3.05, 3.63) is 69.4 Å². The van der Waals surface area contributed by atoms with Crippen molar-refractivity contribution < 1.29 is 13.9 Å². The summed E-state index contributed by atoms with van der Waals surface area (Å²) in [5, 5.41) is 0.435. The highest BCUT2D eigenvalue weighted by Crippen LogP contribution is 2.16. The summed E-state index contributed by atoms with van der Waals surface area (Å²) in [4.78, 5) is 30.6. The second-order valence-electron chi connectivity index (χ2n) is 5.93. The number of fused-ring (bicyclic) bond motifs is 1. The topological polar surface area (TPSA) is 64.4 Å². The summed E-state index contributed by atoms with van der Waals surface area (Å²) in [6.07, 6.45) is 1.36. The molecule has 3 rings (SSSR count). The molecule has 0 radical (unpaired) electrons. The highest BCUT2D eigenvalue weighted by Gasteiger charge is 2.13. The lowest BCUT2D eigenvalue weighted by molar-refractivity contribution is -0.130. The summed E-state index contributed by atoms with van der Waals surface area (Å²) in [6.45, 7) is 0.264. The van der Waals surface area contributed by atoms with Gasteiger partial charge in [0.25, 0.3) is 5.56 Å². The molecule has 0 saturated heterocycles. The molecule has 0 aliphatic carbocycles. The lowest BCUT2D eigenvalue weighted by atomic mass is 10.2. The van der Waals surface area contributed by atoms with Crippen molar-refractivity contribution in [3.8, 4) is 5.75 Å². The Morgan fingerprint density at radius 1 is 1.30 bits per heavy atom. The number of likely N-dealkylation sites (N-methyl/N-ethyl adjacent to an activating group) is 1. The van der Waals surface area contributed by atoms with Crippen LogP contribution in [-0.4, -0.2) is 40.6 Å². The van der Waals surface area contributed by atoms with Gasteiger partial charge in [-0.15, -0.1) is 0 Å². The average Bonchev–Trinajstić information content (AvgIpc) is 2.65. The number of hydrogen-bond acceptors (Lipinski definition) is 4. The van der Waals surface area contributed by atoms with E-state index >= 15 is 0 Å². The van der Waals surface area contributed by atoms with Gasteiger partial charge < -0.3 is 9.64 Å². The minimum Gasteiger partial charge on any atom is -0.489 e. The number of rotatable bonds is 6. The number of ether oxygens (including phenoxy) is 1. The molecule has 1 aromatic heterocycles. The minimum atomic E-state index is -0.452. The molecule has 0 N–H and O–H groups in total. The first-order valence-electron chi connectivity index (χ1n) is 8.21. The number of carbonyl (C=O) groups excluding carboxylic acids is 1. The summed E-state index contributed by atoms with van der Waals surface area (Å²) in [6, 6.07) is 11.3. The van der Waals surface area contributed by atoms with Gasteiger partial charge in [0.1, 0.15) is 13.2 Å². The number of halogens is 2. The summed E-state index contributed by atoms with van der Waals surface area (Å²) >= 11 is 3.33. The van der Waals surface area contributed by atoms with Gasteiger partial charge in [-0.3, -0.25) is 14.2 Å². The van der Waals surface area contributed by atoms with Crippen LogP contribution < -0.4 is 10.3 Å². The molecule has 3 aromatic rings. The molecular formula is C19H17BrFN3O3. The molecule has 140 valence electrons. The van der Waals surface area contributed by atoms with Gasteiger partial charge in [-0.25, -0.2) is 9.37 Å². The quantitative estimate of drug-likeness (QED) is 0.599. The molecule has 6 nitrogen and oxygen atoms in total. The van der Waals surface area contributed by atoms with Crippen molar-refractivity contribution in [1.82, 2.24) is 14.5 Å². The number of nitrogens with zero attached hydrogens (tertiary/aromatic N) is 3. The summed E-state index contributed by atoms with van der Waals surface area (Å²) in [5.41, 5.74) is 0.282. The van der Waals surface area contributed by atoms with Crippen LogP contribution in [0.25, 0.3) is 10.9 Å². The van der Waals surface area contributed by atoms with E-state index in [0.29, 0.717) is 10.9 Å². The van der Waals surface area contributed by atoms with Gasteiger partial charge in [-0.1, -0.05) is 28.1 Å². The first-order chi connectivity index (χ1) is 13.0. The molecule has 0 aliphatic rings. The fourth-order valence-electron chi connectivity index (χ4n) is 2.49. The third-order valence-corrected chi connectivity index (χ3v) is 4.53. The van der Waals surface area contributed by atoms with Crippen LogP contribution in [0.1, 0.15) is 0 Å². The lowest BCUT2D eigenvalue weighted by Crippen LogP contribution is -2.36. The van der Waals surface area contributed by atoms with Crippen LogP contribution >= 0.6 is 15.9 Å². The van der Waals surface area contributed by atoms with E-state index in [9.17, 15) is 14.0 Å². The second kappa shape index (κ2) is 8.30. The van der Waals surface area contributed by atoms with Crippen LogP contribution in [0, 0.1) is 5.82 Å². The van der Waals surface area contributed by atoms with Gasteiger partial charge in [0.15, 0.2) is 11.6 Å². The predicted molar refractivity (Wildman–Crippen MR) is 103 cm³/mol. The van der Waals surface area contributed by atoms with E-state index in [1.165, 1.54) is 27.9 Å². The van der Waals surface area contributed by atoms with Gasteiger partial charge in [-0.05, 0) is 30.3 Å². The predicted octanol–water partition coefficient (Wildman–Crippen LogP) is 2.84. The molecular weight excluding hydrogens is 417 g/mol. The molecule has 0 atom stereocenters. The van der Waals surface area contributed by atoms with E-state index in [4.69, 9.17) is 4.74 Å². The number of benzene rings is 2. The summed E-state index contributed by atoms with van der Waals surface area (Å²) < 4.78 is 20.9. The standard InChI is InChI=1S/C19H17BrFN3O3/c1-23(8-9-27-17-5-3-2-4-15(17)21)18(25)11-24-12-22-16-7-6-13(20)10-14(16)19(24)26/h2-7,10,12H,8-9,11H2,1H3. The van der Waals surface area contributed by atoms with Crippen molar-refractivity contribution >= 4 is 32.7 Å². The molecule has 0 fully saturated rings. The summed E-state index contributed by atoms with van der Waals surface area (Å²) in [5.74, 6) is -0.587. The van der Waals surface area contributed by atoms with Gasteiger partial charge >= 0.3 is 0 Å². The maximum absolute atomic E-state index is 13.5. The Morgan fingerprint density at radius 2 is 2.07 bits per heavy atom. The molecule has 0 unspecified atom stereocenters. The van der Waals surface area contributed by atoms with E-state index in [1.807, 2.05) is 0 Å². The van der Waals surface area contributed by atoms with E-state index in [-0.39, 0.29) is 36.9 Å². The monoisotopic (exact) mass is 433 g/mol. The van der Waals surface area contributed by atoms with Crippen molar-refractivity contribution in [1.29, 1.82) is 0 Å². The zero-order valence-electron chi connectivity index (χ0n) is 14.6. The lowest BCUT2D eigenvalue weighted by Gasteiger charge is -2.18. The van der Waals surface area contributed by atoms with Gasteiger partial charge in [0.2, 0.25) is 5.91 Å². The number of carbonyl (C=O) groups is 1. The minimum absolute atomic E-state index is 0.134. The van der Waals surface area contributed by atoms with Crippen LogP contribution in [-0.2, 0) is 11.3 Å². The third kappa shape index (κ3) is 4.51. The smallest absolute Gasteiger partial charge is 0.261 e. The molecule has 8 heteroatoms. The number of aromatic nitrogens is 2. The Morgan fingerprint density at radius 3 is 2.85 bits per heavy atom. The molecule has 0 spiro atoms. The maximum Gasteiger partial charge on any atom is 0.261 e. The Hall–Kier alpha value is -2.74. The van der Waals surface area contributed by atoms with Crippen LogP contribution in [0.15, 0.2) is 58.1 Å². The van der Waals surface area contributed by atoms with E-state index < -0.39 is 5.82 Å². The van der Waals surface area contributed by atoms with E-state index in [0.717, 1.165) is 4.47 Å². The highest BCUT2D eigenvalue weighted by atomic mass is 79.9. The number of para-hydroxylation sites is 1. The Kier molecular flexibility index (Phi) is 5.85. The molecule has 1 heterocycles. The van der Waals surface area contributed by atoms with E-state index in [1.54, 1.807) is 37.4 Å². The normalized spacial score (nSPS) is 10.8. The van der Waals surface area contributed by atoms with Crippen molar-refractivity contribution in [2.75, 3.05) is 20.2 Å². The first kappa shape index (κ1) is 19.0. The summed E-state index contributed by atoms with van der Waals surface area (Å²) in [7, 11) is 1.60. The Balaban J connectivity index is 1.63. The molecule has 27 heavy (non-hydrogen) atoms. The van der Waals surface area contributed by atoms with Crippen molar-refractivity contribution in [2.24, 2.45) is 0 Å². The zero-order chi connectivity index (χ0) is 19.4. The highest BCUT2D eigenvalue weighted by molar-refractivity contribution is 9.10. The van der Waals surface area contributed by atoms with Crippen molar-refractivity contribution in [3.63, 3.8) is 0 Å². The SMILES string of the molecule is CN(CCOc1ccccc1F)C(=O)Cn1cnc2ccc(Br)cc2c1=O. The largest absolute Gasteiger partial charge is 0.489 e. The van der Waals surface area contributed by atoms with Crippen LogP contribution in [0.4, 0.5) is 4.39 Å². The fourth-order valence-corrected chi connectivity index (χ4v) is 2.85. The molecule has 0 aliphatic heterocycles. The van der Waals surface area contributed by atoms with Gasteiger partial charge in [0.05, 0.1) is 23.8 Å². The Bertz CT molecular complexity index is 1040. The van der Waals surface area contributed by atoms with Crippen LogP contribution in [0.3, 0.4) is 0 Å². The molecule has 0 saturated carbocycles. The average molecular weight is 434 g/mol. The zero-order valence-corrected chi connectivity index (χ0v) is 16.1. The maximum atomic E-state index is 13.5. The molecule has 0 bridgehead atoms. The number of amides is 1. The van der Waals surface area contributed by atoms with Crippen LogP contribution in [0.5, 0.6) is 5.75 Å². The van der Waals surface area contributed by atoms with E-state index in [2.05, 4.69) is 20.9 Å². The third-order valence-electron chi connectivity index (χ3n) is 4.04. The second-order valence-corrected chi connectivity index (χ2v) is 6.85. The Labute approximate surface area is 163 Å². The van der Waals surface area contributed by atoms with Crippen molar-refractivity contribution in [2.45, 2.75) is 6.54 Å². The van der Waals surface area contributed by atoms with Gasteiger partial charge in [0, 0.05) is 11.5 Å².